The standard InChI is InChI=1S/C16H23F2NO/c1-19-16(11-7-5-3-4-6-8-11)15-13(17)9-12(20-2)10-14(15)18/h9-11,16,19H,3-8H2,1-2H3. The molecule has 1 aromatic rings. The monoisotopic (exact) mass is 283 g/mol. The first-order valence-corrected chi connectivity index (χ1v) is 7.37. The molecule has 4 heteroatoms. The topological polar surface area (TPSA) is 21.3 Å². The van der Waals surface area contributed by atoms with Crippen LogP contribution in [0.4, 0.5) is 8.78 Å². The molecule has 0 bridgehead atoms. The Hall–Kier alpha value is -1.16. The zero-order chi connectivity index (χ0) is 14.5. The maximum absolute atomic E-state index is 14.2. The molecule has 2 nitrogen and oxygen atoms in total. The molecule has 20 heavy (non-hydrogen) atoms. The van der Waals surface area contributed by atoms with Crippen LogP contribution in [0.5, 0.6) is 5.75 Å². The maximum Gasteiger partial charge on any atom is 0.134 e. The smallest absolute Gasteiger partial charge is 0.134 e. The van der Waals surface area contributed by atoms with Crippen LogP contribution in [0.3, 0.4) is 0 Å². The second-order valence-corrected chi connectivity index (χ2v) is 5.52. The molecule has 0 aliphatic heterocycles. The van der Waals surface area contributed by atoms with Gasteiger partial charge in [0.1, 0.15) is 17.4 Å². The third-order valence-corrected chi connectivity index (χ3v) is 4.28. The van der Waals surface area contributed by atoms with E-state index < -0.39 is 11.6 Å². The lowest BCUT2D eigenvalue weighted by Gasteiger charge is -2.27. The Balaban J connectivity index is 2.30. The van der Waals surface area contributed by atoms with Crippen LogP contribution in [-0.2, 0) is 0 Å². The highest BCUT2D eigenvalue weighted by molar-refractivity contribution is 5.33. The predicted octanol–water partition coefficient (Wildman–Crippen LogP) is 4.20. The largest absolute Gasteiger partial charge is 0.497 e. The van der Waals surface area contributed by atoms with Crippen molar-refractivity contribution in [1.29, 1.82) is 0 Å². The van der Waals surface area contributed by atoms with Gasteiger partial charge in [0.15, 0.2) is 0 Å². The van der Waals surface area contributed by atoms with E-state index >= 15 is 0 Å². The van der Waals surface area contributed by atoms with Gasteiger partial charge in [-0.1, -0.05) is 25.7 Å². The summed E-state index contributed by atoms with van der Waals surface area (Å²) in [5.41, 5.74) is 0.153. The van der Waals surface area contributed by atoms with Gasteiger partial charge < -0.3 is 10.1 Å². The van der Waals surface area contributed by atoms with E-state index in [2.05, 4.69) is 5.32 Å². The zero-order valence-electron chi connectivity index (χ0n) is 12.2. The molecule has 0 heterocycles. The minimum atomic E-state index is -0.523. The Kier molecular flexibility index (Phi) is 5.35. The lowest BCUT2D eigenvalue weighted by molar-refractivity contribution is 0.321. The molecule has 1 saturated carbocycles. The number of methoxy groups -OCH3 is 1. The van der Waals surface area contributed by atoms with Crippen LogP contribution in [0.25, 0.3) is 0 Å². The van der Waals surface area contributed by atoms with Crippen LogP contribution in [0.2, 0.25) is 0 Å². The zero-order valence-corrected chi connectivity index (χ0v) is 12.2. The molecule has 1 N–H and O–H groups in total. The average Bonchev–Trinajstić information content (AvgIpc) is 2.71. The fourth-order valence-electron chi connectivity index (χ4n) is 3.24. The SMILES string of the molecule is CNC(c1c(F)cc(OC)cc1F)C1CCCCCC1. The fourth-order valence-corrected chi connectivity index (χ4v) is 3.24. The van der Waals surface area contributed by atoms with Crippen molar-refractivity contribution < 1.29 is 13.5 Å². The summed E-state index contributed by atoms with van der Waals surface area (Å²) in [7, 11) is 3.19. The van der Waals surface area contributed by atoms with Gasteiger partial charge >= 0.3 is 0 Å². The summed E-state index contributed by atoms with van der Waals surface area (Å²) in [6, 6.07) is 2.26. The van der Waals surface area contributed by atoms with Crippen LogP contribution >= 0.6 is 0 Å². The van der Waals surface area contributed by atoms with Crippen molar-refractivity contribution in [1.82, 2.24) is 5.32 Å². The van der Waals surface area contributed by atoms with Crippen molar-refractivity contribution in [2.24, 2.45) is 5.92 Å². The lowest BCUT2D eigenvalue weighted by atomic mass is 9.86. The Bertz CT molecular complexity index is 419. The van der Waals surface area contributed by atoms with E-state index in [1.807, 2.05) is 0 Å². The van der Waals surface area contributed by atoms with E-state index in [1.54, 1.807) is 7.05 Å². The van der Waals surface area contributed by atoms with Crippen molar-refractivity contribution >= 4 is 0 Å². The molecule has 0 saturated heterocycles. The Morgan fingerprint density at radius 1 is 1.10 bits per heavy atom. The Labute approximate surface area is 119 Å². The Morgan fingerprint density at radius 3 is 2.10 bits per heavy atom. The van der Waals surface area contributed by atoms with Crippen LogP contribution in [0, 0.1) is 17.6 Å². The van der Waals surface area contributed by atoms with Gasteiger partial charge in [-0.25, -0.2) is 8.78 Å². The van der Waals surface area contributed by atoms with Gasteiger partial charge in [0.05, 0.1) is 7.11 Å². The summed E-state index contributed by atoms with van der Waals surface area (Å²) in [5.74, 6) is -0.532. The molecule has 1 atom stereocenters. The lowest BCUT2D eigenvalue weighted by Crippen LogP contribution is -2.27. The normalized spacial score (nSPS) is 18.6. The van der Waals surface area contributed by atoms with Gasteiger partial charge in [0.2, 0.25) is 0 Å². The van der Waals surface area contributed by atoms with Gasteiger partial charge in [0, 0.05) is 23.7 Å². The van der Waals surface area contributed by atoms with Crippen LogP contribution in [0.15, 0.2) is 12.1 Å². The number of halogens is 2. The molecular formula is C16H23F2NO. The third-order valence-electron chi connectivity index (χ3n) is 4.28. The summed E-state index contributed by atoms with van der Waals surface area (Å²) < 4.78 is 33.4. The van der Waals surface area contributed by atoms with Gasteiger partial charge in [-0.3, -0.25) is 0 Å². The number of benzene rings is 1. The van der Waals surface area contributed by atoms with Crippen molar-refractivity contribution in [2.45, 2.75) is 44.6 Å². The first-order valence-electron chi connectivity index (χ1n) is 7.37. The minimum absolute atomic E-state index is 0.153. The number of nitrogens with one attached hydrogen (secondary N) is 1. The molecule has 0 radical (unpaired) electrons. The van der Waals surface area contributed by atoms with E-state index in [0.717, 1.165) is 25.7 Å². The number of rotatable bonds is 4. The second-order valence-electron chi connectivity index (χ2n) is 5.52. The summed E-state index contributed by atoms with van der Waals surface area (Å²) in [5, 5.41) is 3.11. The van der Waals surface area contributed by atoms with Crippen molar-refractivity contribution in [3.8, 4) is 5.75 Å². The van der Waals surface area contributed by atoms with Gasteiger partial charge in [-0.05, 0) is 25.8 Å². The first kappa shape index (κ1) is 15.2. The molecular weight excluding hydrogens is 260 g/mol. The molecule has 0 amide bonds. The first-order chi connectivity index (χ1) is 9.67. The van der Waals surface area contributed by atoms with Crippen LogP contribution in [0.1, 0.15) is 50.1 Å². The van der Waals surface area contributed by atoms with Crippen molar-refractivity contribution in [3.63, 3.8) is 0 Å². The molecule has 0 aromatic heterocycles. The van der Waals surface area contributed by atoms with Crippen molar-refractivity contribution in [3.05, 3.63) is 29.3 Å². The molecule has 1 fully saturated rings. The summed E-state index contributed by atoms with van der Waals surface area (Å²) in [6.07, 6.45) is 6.78. The molecule has 112 valence electrons. The highest BCUT2D eigenvalue weighted by atomic mass is 19.1. The molecule has 2 rings (SSSR count). The summed E-state index contributed by atoms with van der Waals surface area (Å²) >= 11 is 0. The van der Waals surface area contributed by atoms with E-state index in [9.17, 15) is 8.78 Å². The molecule has 1 aromatic carbocycles. The predicted molar refractivity (Wildman–Crippen MR) is 75.9 cm³/mol. The van der Waals surface area contributed by atoms with Crippen LogP contribution < -0.4 is 10.1 Å². The van der Waals surface area contributed by atoms with E-state index in [-0.39, 0.29) is 17.4 Å². The highest BCUT2D eigenvalue weighted by Gasteiger charge is 2.28. The van der Waals surface area contributed by atoms with Gasteiger partial charge in [-0.15, -0.1) is 0 Å². The quantitative estimate of drug-likeness (QED) is 0.836. The summed E-state index contributed by atoms with van der Waals surface area (Å²) in [6.45, 7) is 0. The maximum atomic E-state index is 14.2. The number of hydrogen-bond donors (Lipinski definition) is 1. The van der Waals surface area contributed by atoms with Gasteiger partial charge in [-0.2, -0.15) is 0 Å². The minimum Gasteiger partial charge on any atom is -0.497 e. The van der Waals surface area contributed by atoms with E-state index in [0.29, 0.717) is 5.92 Å². The third kappa shape index (κ3) is 3.29. The fraction of sp³-hybridized carbons (Fsp3) is 0.625. The molecule has 1 unspecified atom stereocenters. The average molecular weight is 283 g/mol. The van der Waals surface area contributed by atoms with E-state index in [1.165, 1.54) is 32.1 Å². The number of hydrogen-bond acceptors (Lipinski definition) is 2. The molecule has 1 aliphatic rings. The molecule has 1 aliphatic carbocycles. The molecule has 0 spiro atoms. The van der Waals surface area contributed by atoms with Crippen LogP contribution in [-0.4, -0.2) is 14.2 Å². The number of ether oxygens (including phenoxy) is 1. The second kappa shape index (κ2) is 7.02. The Morgan fingerprint density at radius 2 is 1.65 bits per heavy atom. The van der Waals surface area contributed by atoms with E-state index in [4.69, 9.17) is 4.74 Å². The van der Waals surface area contributed by atoms with Crippen molar-refractivity contribution in [2.75, 3.05) is 14.2 Å². The summed E-state index contributed by atoms with van der Waals surface area (Å²) in [4.78, 5) is 0. The highest BCUT2D eigenvalue weighted by Crippen LogP contribution is 2.36. The van der Waals surface area contributed by atoms with Gasteiger partial charge in [0.25, 0.3) is 0 Å².